The molecule has 1 heterocycles. The van der Waals surface area contributed by atoms with E-state index < -0.39 is 51.2 Å². The molecule has 0 radical (unpaired) electrons. The van der Waals surface area contributed by atoms with Gasteiger partial charge >= 0.3 is 8.25 Å². The first-order chi connectivity index (χ1) is 30.5. The van der Waals surface area contributed by atoms with Crippen molar-refractivity contribution in [3.63, 3.8) is 0 Å². The van der Waals surface area contributed by atoms with E-state index in [0.29, 0.717) is 19.8 Å². The molecule has 8 atom stereocenters. The highest BCUT2D eigenvalue weighted by Crippen LogP contribution is 2.34. The van der Waals surface area contributed by atoms with Gasteiger partial charge in [0.25, 0.3) is 0 Å². The number of rotatable bonds is 25. The van der Waals surface area contributed by atoms with Crippen LogP contribution in [0.5, 0.6) is 0 Å². The minimum Gasteiger partial charge on any atom is -0.374 e. The van der Waals surface area contributed by atoms with Crippen molar-refractivity contribution >= 4 is 19.0 Å². The first-order valence-corrected chi connectivity index (χ1v) is 21.9. The molecular formula is C50H54O11P+. The zero-order chi connectivity index (χ0) is 42.8. The summed E-state index contributed by atoms with van der Waals surface area (Å²) in [7, 11) is -1.52. The molecule has 7 rings (SSSR count). The number of methoxy groups -OCH3 is 1. The highest BCUT2D eigenvalue weighted by molar-refractivity contribution is 7.32. The fourth-order valence-electron chi connectivity index (χ4n) is 7.37. The van der Waals surface area contributed by atoms with Crippen LogP contribution in [0.1, 0.15) is 27.8 Å². The molecule has 0 amide bonds. The molecule has 6 aromatic carbocycles. The monoisotopic (exact) mass is 861 g/mol. The Bertz CT molecular complexity index is 2200. The quantitative estimate of drug-likeness (QED) is 0.0555. The summed E-state index contributed by atoms with van der Waals surface area (Å²) in [5.41, 5.74) is 4.91. The molecule has 0 spiro atoms. The minimum atomic E-state index is -3.00. The predicted molar refractivity (Wildman–Crippen MR) is 235 cm³/mol. The molecule has 1 saturated heterocycles. The number of benzene rings is 6. The maximum Gasteiger partial charge on any atom is 0.695 e. The molecule has 0 aromatic heterocycles. The van der Waals surface area contributed by atoms with Crippen LogP contribution < -0.4 is 0 Å². The molecule has 1 N–H and O–H groups in total. The van der Waals surface area contributed by atoms with Crippen LogP contribution in [0.4, 0.5) is 0 Å². The molecule has 1 fully saturated rings. The summed E-state index contributed by atoms with van der Waals surface area (Å²) in [6.45, 7) is 1.65. The molecule has 12 heteroatoms. The van der Waals surface area contributed by atoms with Crippen molar-refractivity contribution in [1.29, 1.82) is 0 Å². The Hall–Kier alpha value is -4.72. The highest BCUT2D eigenvalue weighted by atomic mass is 31.1. The van der Waals surface area contributed by atoms with E-state index in [-0.39, 0.29) is 33.0 Å². The zero-order valence-corrected chi connectivity index (χ0v) is 35.7. The Balaban J connectivity index is 1.15. The van der Waals surface area contributed by atoms with Crippen molar-refractivity contribution in [2.45, 2.75) is 75.9 Å². The fraction of sp³-hybridized carbons (Fsp3) is 0.320. The minimum absolute atomic E-state index is 0.0394. The van der Waals surface area contributed by atoms with Crippen molar-refractivity contribution in [3.05, 3.63) is 192 Å². The number of ether oxygens (including phenoxy) is 8. The largest absolute Gasteiger partial charge is 0.695 e. The average Bonchev–Trinajstić information content (AvgIpc) is 3.64. The summed E-state index contributed by atoms with van der Waals surface area (Å²) in [5, 5.41) is 2.29. The van der Waals surface area contributed by atoms with Gasteiger partial charge < -0.3 is 37.9 Å². The first kappa shape index (κ1) is 45.3. The molecule has 0 aliphatic carbocycles. The maximum atomic E-state index is 12.1. The Morgan fingerprint density at radius 2 is 1.05 bits per heavy atom. The third kappa shape index (κ3) is 13.6. The Morgan fingerprint density at radius 1 is 0.548 bits per heavy atom. The molecule has 11 nitrogen and oxygen atoms in total. The van der Waals surface area contributed by atoms with E-state index in [1.165, 1.54) is 7.11 Å². The van der Waals surface area contributed by atoms with Gasteiger partial charge in [-0.05, 0) is 44.7 Å². The maximum absolute atomic E-state index is 12.1. The SMILES string of the molecule is COC1C(OCC(OCc2ccccc2)C(OCc2ccccc2)C(COCc2ccc3ccccc3c2)OCc2ccccc2)OC(COCc2ccccc2)C1O[P+](=O)O. The van der Waals surface area contributed by atoms with Crippen LogP contribution in [-0.4, -0.2) is 74.7 Å². The molecule has 324 valence electrons. The lowest BCUT2D eigenvalue weighted by atomic mass is 10.1. The zero-order valence-electron chi connectivity index (χ0n) is 34.8. The number of hydrogen-bond donors (Lipinski definition) is 1. The van der Waals surface area contributed by atoms with Crippen molar-refractivity contribution in [1.82, 2.24) is 0 Å². The van der Waals surface area contributed by atoms with Gasteiger partial charge in [0.2, 0.25) is 0 Å². The molecule has 62 heavy (non-hydrogen) atoms. The second-order valence-corrected chi connectivity index (χ2v) is 15.7. The summed E-state index contributed by atoms with van der Waals surface area (Å²) in [4.78, 5) is 9.87. The van der Waals surface area contributed by atoms with Gasteiger partial charge in [0.05, 0.1) is 52.9 Å². The van der Waals surface area contributed by atoms with Gasteiger partial charge in [-0.2, -0.15) is 0 Å². The van der Waals surface area contributed by atoms with Gasteiger partial charge in [0.15, 0.2) is 12.4 Å². The van der Waals surface area contributed by atoms with E-state index in [9.17, 15) is 9.46 Å². The highest BCUT2D eigenvalue weighted by Gasteiger charge is 2.51. The second-order valence-electron chi connectivity index (χ2n) is 15.0. The van der Waals surface area contributed by atoms with Gasteiger partial charge in [-0.25, -0.2) is 0 Å². The van der Waals surface area contributed by atoms with Crippen LogP contribution in [0.2, 0.25) is 0 Å². The third-order valence-corrected chi connectivity index (χ3v) is 11.0. The van der Waals surface area contributed by atoms with Crippen LogP contribution in [-0.2, 0) is 80.0 Å². The Kier molecular flexibility index (Phi) is 17.7. The average molecular weight is 862 g/mol. The first-order valence-electron chi connectivity index (χ1n) is 20.8. The summed E-state index contributed by atoms with van der Waals surface area (Å²) in [6.07, 6.45) is -5.75. The Labute approximate surface area is 364 Å². The smallest absolute Gasteiger partial charge is 0.374 e. The van der Waals surface area contributed by atoms with Crippen LogP contribution >= 0.6 is 8.25 Å². The van der Waals surface area contributed by atoms with Crippen molar-refractivity contribution in [2.24, 2.45) is 0 Å². The molecule has 8 unspecified atom stereocenters. The lowest BCUT2D eigenvalue weighted by Gasteiger charge is -2.34. The van der Waals surface area contributed by atoms with Crippen LogP contribution in [0.15, 0.2) is 164 Å². The van der Waals surface area contributed by atoms with E-state index in [1.807, 2.05) is 133 Å². The molecule has 6 aromatic rings. The molecule has 1 aliphatic rings. The van der Waals surface area contributed by atoms with Gasteiger partial charge in [0.1, 0.15) is 30.5 Å². The molecule has 1 aliphatic heterocycles. The van der Waals surface area contributed by atoms with E-state index in [2.05, 4.69) is 30.3 Å². The summed E-state index contributed by atoms with van der Waals surface area (Å²) < 4.78 is 69.2. The lowest BCUT2D eigenvalue weighted by molar-refractivity contribution is -0.221. The van der Waals surface area contributed by atoms with Crippen LogP contribution in [0, 0.1) is 0 Å². The second kappa shape index (κ2) is 24.2. The summed E-state index contributed by atoms with van der Waals surface area (Å²) in [5.74, 6) is 0. The van der Waals surface area contributed by atoms with Crippen LogP contribution in [0.3, 0.4) is 0 Å². The van der Waals surface area contributed by atoms with Crippen molar-refractivity contribution < 1.29 is 51.9 Å². The number of hydrogen-bond acceptors (Lipinski definition) is 10. The van der Waals surface area contributed by atoms with E-state index in [1.54, 1.807) is 0 Å². The normalized spacial score (nSPS) is 19.3. The molecule has 0 bridgehead atoms. The van der Waals surface area contributed by atoms with E-state index >= 15 is 0 Å². The summed E-state index contributed by atoms with van der Waals surface area (Å²) in [6, 6.07) is 54.0. The summed E-state index contributed by atoms with van der Waals surface area (Å²) >= 11 is 0. The third-order valence-electron chi connectivity index (χ3n) is 10.6. The Morgan fingerprint density at radius 3 is 1.61 bits per heavy atom. The van der Waals surface area contributed by atoms with Gasteiger partial charge in [-0.1, -0.05) is 158 Å². The lowest BCUT2D eigenvalue weighted by Crippen LogP contribution is -2.48. The van der Waals surface area contributed by atoms with Gasteiger partial charge in [0, 0.05) is 11.7 Å². The van der Waals surface area contributed by atoms with Gasteiger partial charge in [-0.15, -0.1) is 9.42 Å². The van der Waals surface area contributed by atoms with E-state index in [0.717, 1.165) is 38.6 Å². The van der Waals surface area contributed by atoms with E-state index in [4.69, 9.17) is 42.4 Å². The van der Waals surface area contributed by atoms with Crippen molar-refractivity contribution in [3.8, 4) is 0 Å². The van der Waals surface area contributed by atoms with Crippen LogP contribution in [0.25, 0.3) is 10.8 Å². The topological polar surface area (TPSA) is 120 Å². The standard InChI is InChI=1S/C50H53O11P/c1-53-49-48(61-62(51)52)46(35-54-29-37-16-6-2-7-17-37)60-50(49)59-36-45(57-32-39-20-10-4-11-21-39)47(58-33-40-22-12-5-13-23-40)44(56-31-38-18-8-3-9-19-38)34-55-30-41-26-27-42-24-14-15-25-43(42)28-41/h2-28,44-50H,29-36H2,1H3/p+1. The fourth-order valence-corrected chi connectivity index (χ4v) is 7.83. The molecule has 0 saturated carbocycles. The van der Waals surface area contributed by atoms with Crippen molar-refractivity contribution in [2.75, 3.05) is 26.9 Å². The van der Waals surface area contributed by atoms with Gasteiger partial charge in [-0.3, -0.25) is 0 Å². The predicted octanol–water partition coefficient (Wildman–Crippen LogP) is 9.12. The number of fused-ring (bicyclic) bond motifs is 1. The molecular weight excluding hydrogens is 808 g/mol.